The van der Waals surface area contributed by atoms with Crippen LogP contribution < -0.4 is 5.32 Å². The van der Waals surface area contributed by atoms with Crippen molar-refractivity contribution in [3.05, 3.63) is 61.4 Å². The van der Waals surface area contributed by atoms with Gasteiger partial charge in [-0.3, -0.25) is 4.79 Å². The molecule has 0 atom stereocenters. The predicted molar refractivity (Wildman–Crippen MR) is 86.2 cm³/mol. The molecule has 1 amide bonds. The maximum Gasteiger partial charge on any atom is 0.416 e. The summed E-state index contributed by atoms with van der Waals surface area (Å²) in [7, 11) is 0. The summed E-state index contributed by atoms with van der Waals surface area (Å²) in [5, 5.41) is 2.30. The molecule has 1 N–H and O–H groups in total. The van der Waals surface area contributed by atoms with Crippen molar-refractivity contribution in [3.8, 4) is 0 Å². The van der Waals surface area contributed by atoms with Crippen LogP contribution in [0.4, 0.5) is 23.2 Å². The van der Waals surface area contributed by atoms with Crippen LogP contribution >= 0.6 is 38.5 Å². The first kappa shape index (κ1) is 17.2. The van der Waals surface area contributed by atoms with Crippen molar-refractivity contribution < 1.29 is 22.4 Å². The van der Waals surface area contributed by atoms with Crippen LogP contribution in [0.25, 0.3) is 0 Å². The second kappa shape index (κ2) is 6.53. The van der Waals surface area contributed by atoms with E-state index in [0.717, 1.165) is 18.2 Å². The zero-order chi connectivity index (χ0) is 16.5. The molecule has 8 heteroatoms. The molecule has 116 valence electrons. The smallest absolute Gasteiger partial charge is 0.321 e. The highest BCUT2D eigenvalue weighted by Crippen LogP contribution is 2.33. The highest BCUT2D eigenvalue weighted by Gasteiger charge is 2.31. The Balaban J connectivity index is 2.34. The van der Waals surface area contributed by atoms with Gasteiger partial charge in [0.15, 0.2) is 0 Å². The van der Waals surface area contributed by atoms with E-state index in [1.807, 2.05) is 0 Å². The van der Waals surface area contributed by atoms with Crippen LogP contribution in [0.3, 0.4) is 0 Å². The standard InChI is InChI=1S/C14H7BrF4INO/c15-8-2-3-10(16)9(6-8)13(22)21-12-5-7(14(17,18)19)1-4-11(12)20/h1-6H,(H,21,22). The molecule has 0 heterocycles. The Morgan fingerprint density at radius 2 is 1.82 bits per heavy atom. The molecule has 0 aromatic heterocycles. The Morgan fingerprint density at radius 3 is 2.45 bits per heavy atom. The number of rotatable bonds is 2. The molecular weight excluding hydrogens is 481 g/mol. The second-order valence-corrected chi connectivity index (χ2v) is 6.35. The van der Waals surface area contributed by atoms with Gasteiger partial charge in [0.25, 0.3) is 5.91 Å². The van der Waals surface area contributed by atoms with Gasteiger partial charge in [-0.25, -0.2) is 4.39 Å². The van der Waals surface area contributed by atoms with Crippen molar-refractivity contribution in [3.63, 3.8) is 0 Å². The van der Waals surface area contributed by atoms with E-state index in [2.05, 4.69) is 21.2 Å². The van der Waals surface area contributed by atoms with E-state index in [1.54, 1.807) is 22.6 Å². The number of alkyl halides is 3. The minimum Gasteiger partial charge on any atom is -0.321 e. The molecule has 2 rings (SSSR count). The normalized spacial score (nSPS) is 11.4. The monoisotopic (exact) mass is 487 g/mol. The van der Waals surface area contributed by atoms with Gasteiger partial charge in [-0.2, -0.15) is 13.2 Å². The van der Waals surface area contributed by atoms with Crippen molar-refractivity contribution in [2.24, 2.45) is 0 Å². The molecule has 0 saturated heterocycles. The highest BCUT2D eigenvalue weighted by molar-refractivity contribution is 14.1. The van der Waals surface area contributed by atoms with E-state index in [-0.39, 0.29) is 11.3 Å². The molecule has 22 heavy (non-hydrogen) atoms. The number of nitrogens with one attached hydrogen (secondary N) is 1. The van der Waals surface area contributed by atoms with Crippen LogP contribution in [0, 0.1) is 9.39 Å². The molecule has 0 aliphatic heterocycles. The molecular formula is C14H7BrF4INO. The summed E-state index contributed by atoms with van der Waals surface area (Å²) in [6.45, 7) is 0. The van der Waals surface area contributed by atoms with Gasteiger partial charge in [0.05, 0.1) is 16.8 Å². The van der Waals surface area contributed by atoms with Gasteiger partial charge < -0.3 is 5.32 Å². The maximum atomic E-state index is 13.6. The van der Waals surface area contributed by atoms with Crippen LogP contribution in [0.1, 0.15) is 15.9 Å². The lowest BCUT2D eigenvalue weighted by atomic mass is 10.1. The summed E-state index contributed by atoms with van der Waals surface area (Å²) >= 11 is 4.89. The van der Waals surface area contributed by atoms with Crippen molar-refractivity contribution in [1.82, 2.24) is 0 Å². The Morgan fingerprint density at radius 1 is 1.14 bits per heavy atom. The van der Waals surface area contributed by atoms with Crippen molar-refractivity contribution >= 4 is 50.1 Å². The number of amides is 1. The highest BCUT2D eigenvalue weighted by atomic mass is 127. The molecule has 0 saturated carbocycles. The minimum atomic E-state index is -4.52. The van der Waals surface area contributed by atoms with E-state index in [0.29, 0.717) is 8.04 Å². The fourth-order valence-electron chi connectivity index (χ4n) is 1.66. The average Bonchev–Trinajstić information content (AvgIpc) is 2.42. The quantitative estimate of drug-likeness (QED) is 0.442. The van der Waals surface area contributed by atoms with Gasteiger partial charge >= 0.3 is 6.18 Å². The van der Waals surface area contributed by atoms with E-state index < -0.39 is 23.5 Å². The third kappa shape index (κ3) is 3.97. The van der Waals surface area contributed by atoms with E-state index in [9.17, 15) is 22.4 Å². The van der Waals surface area contributed by atoms with E-state index in [1.165, 1.54) is 18.2 Å². The van der Waals surface area contributed by atoms with Gasteiger partial charge in [-0.1, -0.05) is 15.9 Å². The van der Waals surface area contributed by atoms with Crippen molar-refractivity contribution in [2.45, 2.75) is 6.18 Å². The third-order valence-electron chi connectivity index (χ3n) is 2.71. The minimum absolute atomic E-state index is 0.0280. The summed E-state index contributed by atoms with van der Waals surface area (Å²) in [6, 6.07) is 6.73. The summed E-state index contributed by atoms with van der Waals surface area (Å²) in [5.74, 6) is -1.58. The Labute approximate surface area is 145 Å². The second-order valence-electron chi connectivity index (χ2n) is 4.27. The zero-order valence-electron chi connectivity index (χ0n) is 10.6. The molecule has 2 aromatic carbocycles. The SMILES string of the molecule is O=C(Nc1cc(C(F)(F)F)ccc1I)c1cc(Br)ccc1F. The number of halogens is 6. The lowest BCUT2D eigenvalue weighted by molar-refractivity contribution is -0.137. The first-order valence-corrected chi connectivity index (χ1v) is 7.69. The van der Waals surface area contributed by atoms with Gasteiger partial charge in [-0.05, 0) is 59.0 Å². The molecule has 0 aliphatic rings. The fourth-order valence-corrected chi connectivity index (χ4v) is 2.49. The number of carbonyl (C=O) groups excluding carboxylic acids is 1. The number of carbonyl (C=O) groups is 1. The van der Waals surface area contributed by atoms with Crippen LogP contribution in [0.5, 0.6) is 0 Å². The van der Waals surface area contributed by atoms with Crippen LogP contribution in [0.2, 0.25) is 0 Å². The van der Waals surface area contributed by atoms with E-state index >= 15 is 0 Å². The molecule has 2 aromatic rings. The van der Waals surface area contributed by atoms with Gasteiger partial charge in [0, 0.05) is 8.04 Å². The van der Waals surface area contributed by atoms with Gasteiger partial charge in [-0.15, -0.1) is 0 Å². The van der Waals surface area contributed by atoms with Gasteiger partial charge in [0.2, 0.25) is 0 Å². The summed E-state index contributed by atoms with van der Waals surface area (Å²) in [6.07, 6.45) is -4.52. The number of anilines is 1. The third-order valence-corrected chi connectivity index (χ3v) is 4.15. The Hall–Kier alpha value is -1.16. The lowest BCUT2D eigenvalue weighted by Gasteiger charge is -2.12. The van der Waals surface area contributed by atoms with Crippen LogP contribution in [0.15, 0.2) is 40.9 Å². The molecule has 0 radical (unpaired) electrons. The predicted octanol–water partition coefficient (Wildman–Crippen LogP) is 5.46. The molecule has 0 aliphatic carbocycles. The molecule has 0 fully saturated rings. The summed E-state index contributed by atoms with van der Waals surface area (Å²) in [5.41, 5.74) is -1.18. The first-order chi connectivity index (χ1) is 10.2. The zero-order valence-corrected chi connectivity index (χ0v) is 14.4. The Kier molecular flexibility index (Phi) is 5.10. The number of benzene rings is 2. The number of hydrogen-bond acceptors (Lipinski definition) is 1. The lowest BCUT2D eigenvalue weighted by Crippen LogP contribution is -2.15. The number of hydrogen-bond donors (Lipinski definition) is 1. The molecule has 0 bridgehead atoms. The van der Waals surface area contributed by atoms with Gasteiger partial charge in [0.1, 0.15) is 5.82 Å². The molecule has 0 spiro atoms. The maximum absolute atomic E-state index is 13.6. The van der Waals surface area contributed by atoms with Crippen molar-refractivity contribution in [2.75, 3.05) is 5.32 Å². The first-order valence-electron chi connectivity index (χ1n) is 5.81. The van der Waals surface area contributed by atoms with E-state index in [4.69, 9.17) is 0 Å². The topological polar surface area (TPSA) is 29.1 Å². The van der Waals surface area contributed by atoms with Crippen LogP contribution in [-0.4, -0.2) is 5.91 Å². The Bertz CT molecular complexity index is 733. The average molecular weight is 488 g/mol. The molecule has 2 nitrogen and oxygen atoms in total. The summed E-state index contributed by atoms with van der Waals surface area (Å²) in [4.78, 5) is 12.0. The summed E-state index contributed by atoms with van der Waals surface area (Å²) < 4.78 is 52.6. The fraction of sp³-hybridized carbons (Fsp3) is 0.0714. The molecule has 0 unspecified atom stereocenters. The largest absolute Gasteiger partial charge is 0.416 e. The van der Waals surface area contributed by atoms with Crippen molar-refractivity contribution in [1.29, 1.82) is 0 Å². The van der Waals surface area contributed by atoms with Crippen LogP contribution in [-0.2, 0) is 6.18 Å².